The summed E-state index contributed by atoms with van der Waals surface area (Å²) in [5.74, 6) is -1.68. The van der Waals surface area contributed by atoms with Crippen LogP contribution in [0.1, 0.15) is 28.4 Å². The van der Waals surface area contributed by atoms with Crippen molar-refractivity contribution in [2.45, 2.75) is 30.8 Å². The zero-order valence-electron chi connectivity index (χ0n) is 18.7. The number of anilines is 1. The molecule has 1 aliphatic rings. The number of carbonyl (C=O) groups is 2. The lowest BCUT2D eigenvalue weighted by Crippen LogP contribution is -2.38. The van der Waals surface area contributed by atoms with E-state index in [1.807, 2.05) is 31.2 Å². The zero-order chi connectivity index (χ0) is 25.2. The van der Waals surface area contributed by atoms with Crippen LogP contribution >= 0.6 is 11.6 Å². The quantitative estimate of drug-likeness (QED) is 0.477. The molecule has 182 valence electrons. The van der Waals surface area contributed by atoms with Crippen molar-refractivity contribution < 1.29 is 27.1 Å². The van der Waals surface area contributed by atoms with E-state index in [1.165, 1.54) is 12.1 Å². The SMILES string of the molecule is CC1Cc2ccccc2N1C(=O)COC(=O)c1ccc(CNS(=O)(=O)c2ccc(F)c(Cl)c2)cc1. The van der Waals surface area contributed by atoms with Crippen molar-refractivity contribution in [1.29, 1.82) is 0 Å². The average molecular weight is 517 g/mol. The van der Waals surface area contributed by atoms with Crippen LogP contribution in [0.3, 0.4) is 0 Å². The van der Waals surface area contributed by atoms with Crippen LogP contribution in [0.4, 0.5) is 10.1 Å². The molecule has 35 heavy (non-hydrogen) atoms. The third kappa shape index (κ3) is 5.53. The maximum Gasteiger partial charge on any atom is 0.338 e. The van der Waals surface area contributed by atoms with Crippen molar-refractivity contribution in [2.24, 2.45) is 0 Å². The third-order valence-corrected chi connectivity index (χ3v) is 7.35. The number of rotatable bonds is 7. The van der Waals surface area contributed by atoms with E-state index in [2.05, 4.69) is 4.72 Å². The van der Waals surface area contributed by atoms with E-state index >= 15 is 0 Å². The molecule has 7 nitrogen and oxygen atoms in total. The first-order chi connectivity index (χ1) is 16.7. The van der Waals surface area contributed by atoms with Crippen molar-refractivity contribution in [3.05, 3.63) is 94.3 Å². The number of sulfonamides is 1. The Labute approximate surface area is 207 Å². The Hall–Kier alpha value is -3.27. The average Bonchev–Trinajstić information content (AvgIpc) is 3.18. The van der Waals surface area contributed by atoms with Crippen LogP contribution in [0.5, 0.6) is 0 Å². The molecule has 10 heteroatoms. The molecule has 0 radical (unpaired) electrons. The number of amides is 1. The lowest BCUT2D eigenvalue weighted by atomic mass is 10.1. The van der Waals surface area contributed by atoms with Crippen molar-refractivity contribution in [2.75, 3.05) is 11.5 Å². The van der Waals surface area contributed by atoms with Gasteiger partial charge in [0, 0.05) is 18.3 Å². The Bertz CT molecular complexity index is 1380. The first-order valence-corrected chi connectivity index (χ1v) is 12.6. The van der Waals surface area contributed by atoms with Gasteiger partial charge in [0.15, 0.2) is 6.61 Å². The first kappa shape index (κ1) is 24.8. The third-order valence-electron chi connectivity index (χ3n) is 5.66. The van der Waals surface area contributed by atoms with E-state index in [-0.39, 0.29) is 40.6 Å². The van der Waals surface area contributed by atoms with Crippen LogP contribution in [0.2, 0.25) is 5.02 Å². The molecule has 1 unspecified atom stereocenters. The summed E-state index contributed by atoms with van der Waals surface area (Å²) < 4.78 is 45.7. The van der Waals surface area contributed by atoms with Gasteiger partial charge in [-0.15, -0.1) is 0 Å². The Balaban J connectivity index is 1.32. The predicted molar refractivity (Wildman–Crippen MR) is 129 cm³/mol. The van der Waals surface area contributed by atoms with Crippen molar-refractivity contribution in [3.8, 4) is 0 Å². The van der Waals surface area contributed by atoms with Gasteiger partial charge in [0.2, 0.25) is 10.0 Å². The summed E-state index contributed by atoms with van der Waals surface area (Å²) in [6.45, 7) is 1.49. The van der Waals surface area contributed by atoms with Crippen LogP contribution in [-0.4, -0.2) is 32.9 Å². The summed E-state index contributed by atoms with van der Waals surface area (Å²) in [5, 5.41) is -0.294. The van der Waals surface area contributed by atoms with E-state index in [0.717, 1.165) is 35.9 Å². The highest BCUT2D eigenvalue weighted by Crippen LogP contribution is 2.31. The predicted octanol–water partition coefficient (Wildman–Crippen LogP) is 4.09. The number of carbonyl (C=O) groups excluding carboxylic acids is 2. The summed E-state index contributed by atoms with van der Waals surface area (Å²) in [6, 6.07) is 16.8. The van der Waals surface area contributed by atoms with E-state index in [4.69, 9.17) is 16.3 Å². The number of nitrogens with one attached hydrogen (secondary N) is 1. The van der Waals surface area contributed by atoms with Gasteiger partial charge in [-0.2, -0.15) is 0 Å². The highest BCUT2D eigenvalue weighted by atomic mass is 35.5. The fourth-order valence-corrected chi connectivity index (χ4v) is 5.18. The molecule has 1 heterocycles. The van der Waals surface area contributed by atoms with E-state index in [1.54, 1.807) is 17.0 Å². The van der Waals surface area contributed by atoms with Crippen LogP contribution in [-0.2, 0) is 32.5 Å². The standard InChI is InChI=1S/C25H22ClFN2O5S/c1-16-12-19-4-2-3-5-23(19)29(16)24(30)15-34-25(31)18-8-6-17(7-9-18)14-28-35(32,33)20-10-11-22(27)21(26)13-20/h2-11,13,16,28H,12,14-15H2,1H3. The van der Waals surface area contributed by atoms with Crippen molar-refractivity contribution >= 4 is 39.2 Å². The van der Waals surface area contributed by atoms with Gasteiger partial charge in [-0.3, -0.25) is 4.79 Å². The molecule has 0 aromatic heterocycles. The fraction of sp³-hybridized carbons (Fsp3) is 0.200. The second-order valence-corrected chi connectivity index (χ2v) is 10.3. The number of para-hydroxylation sites is 1. The molecule has 1 N–H and O–H groups in total. The molecule has 3 aromatic rings. The van der Waals surface area contributed by atoms with Gasteiger partial charge < -0.3 is 9.64 Å². The molecule has 1 atom stereocenters. The summed E-state index contributed by atoms with van der Waals surface area (Å²) in [4.78, 5) is 26.6. The normalized spacial score (nSPS) is 15.1. The highest BCUT2D eigenvalue weighted by Gasteiger charge is 2.31. The van der Waals surface area contributed by atoms with Gasteiger partial charge in [0.25, 0.3) is 5.91 Å². The molecule has 0 spiro atoms. The molecule has 0 fully saturated rings. The van der Waals surface area contributed by atoms with Crippen molar-refractivity contribution in [1.82, 2.24) is 4.72 Å². The minimum atomic E-state index is -3.91. The van der Waals surface area contributed by atoms with Crippen molar-refractivity contribution in [3.63, 3.8) is 0 Å². The number of benzene rings is 3. The van der Waals surface area contributed by atoms with Crippen LogP contribution in [0.15, 0.2) is 71.6 Å². The number of hydrogen-bond acceptors (Lipinski definition) is 5. The lowest BCUT2D eigenvalue weighted by Gasteiger charge is -2.22. The monoisotopic (exact) mass is 516 g/mol. The van der Waals surface area contributed by atoms with Gasteiger partial charge in [0.05, 0.1) is 15.5 Å². The van der Waals surface area contributed by atoms with Gasteiger partial charge in [0.1, 0.15) is 5.82 Å². The van der Waals surface area contributed by atoms with Gasteiger partial charge in [-0.05, 0) is 60.9 Å². The maximum atomic E-state index is 13.3. The Morgan fingerprint density at radius 2 is 1.83 bits per heavy atom. The maximum absolute atomic E-state index is 13.3. The number of esters is 1. The van der Waals surface area contributed by atoms with Gasteiger partial charge in [-0.25, -0.2) is 22.3 Å². The van der Waals surface area contributed by atoms with E-state index in [0.29, 0.717) is 5.56 Å². The summed E-state index contributed by atoms with van der Waals surface area (Å²) in [6.07, 6.45) is 0.745. The topological polar surface area (TPSA) is 92.8 Å². The summed E-state index contributed by atoms with van der Waals surface area (Å²) >= 11 is 5.66. The highest BCUT2D eigenvalue weighted by molar-refractivity contribution is 7.89. The van der Waals surface area contributed by atoms with Crippen LogP contribution < -0.4 is 9.62 Å². The first-order valence-electron chi connectivity index (χ1n) is 10.8. The van der Waals surface area contributed by atoms with Gasteiger partial charge in [-0.1, -0.05) is 41.9 Å². The van der Waals surface area contributed by atoms with Crippen LogP contribution in [0.25, 0.3) is 0 Å². The zero-order valence-corrected chi connectivity index (χ0v) is 20.3. The lowest BCUT2D eigenvalue weighted by molar-refractivity contribution is -0.122. The second-order valence-electron chi connectivity index (χ2n) is 8.12. The molecule has 0 aliphatic carbocycles. The van der Waals surface area contributed by atoms with Crippen LogP contribution in [0, 0.1) is 5.82 Å². The largest absolute Gasteiger partial charge is 0.452 e. The molecule has 1 aliphatic heterocycles. The molecule has 1 amide bonds. The number of hydrogen-bond donors (Lipinski definition) is 1. The number of nitrogens with zero attached hydrogens (tertiary/aromatic N) is 1. The molecular formula is C25H22ClFN2O5S. The van der Waals surface area contributed by atoms with E-state index in [9.17, 15) is 22.4 Å². The molecule has 0 bridgehead atoms. The number of halogens is 2. The van der Waals surface area contributed by atoms with E-state index < -0.39 is 21.8 Å². The second kappa shape index (κ2) is 10.2. The molecule has 0 saturated heterocycles. The minimum absolute atomic E-state index is 0.0207. The fourth-order valence-electron chi connectivity index (χ4n) is 3.89. The number of ether oxygens (including phenoxy) is 1. The van der Waals surface area contributed by atoms with Gasteiger partial charge >= 0.3 is 5.97 Å². The Kier molecular flexibility index (Phi) is 7.20. The molecule has 3 aromatic carbocycles. The minimum Gasteiger partial charge on any atom is -0.452 e. The Morgan fingerprint density at radius 3 is 2.54 bits per heavy atom. The summed E-state index contributed by atoms with van der Waals surface area (Å²) in [5.41, 5.74) is 2.71. The Morgan fingerprint density at radius 1 is 1.11 bits per heavy atom. The molecule has 4 rings (SSSR count). The smallest absolute Gasteiger partial charge is 0.338 e. The number of fused-ring (bicyclic) bond motifs is 1. The summed E-state index contributed by atoms with van der Waals surface area (Å²) in [7, 11) is -3.91. The molecular weight excluding hydrogens is 495 g/mol. The molecule has 0 saturated carbocycles.